The Morgan fingerprint density at radius 3 is 2.75 bits per heavy atom. The Kier molecular flexibility index (Phi) is 4.56. The van der Waals surface area contributed by atoms with Crippen LogP contribution >= 0.6 is 0 Å². The van der Waals surface area contributed by atoms with E-state index >= 15 is 0 Å². The van der Waals surface area contributed by atoms with Gasteiger partial charge in [-0.05, 0) is 12.3 Å². The first-order chi connectivity index (χ1) is 3.81. The Labute approximate surface area is 50.8 Å². The standard InChI is InChI=1S/C6H14N2/c1-3-6(2)4-8-5-7/h4,6H,3,5,7H2,1-2H3. The summed E-state index contributed by atoms with van der Waals surface area (Å²) in [4.78, 5) is 3.90. The SMILES string of the molecule is CCC(C)C=NCN. The Morgan fingerprint density at radius 1 is 1.75 bits per heavy atom. The van der Waals surface area contributed by atoms with Crippen LogP contribution in [-0.2, 0) is 0 Å². The Morgan fingerprint density at radius 2 is 2.38 bits per heavy atom. The van der Waals surface area contributed by atoms with Crippen molar-refractivity contribution in [3.8, 4) is 0 Å². The molecule has 2 nitrogen and oxygen atoms in total. The average Bonchev–Trinajstić information content (AvgIpc) is 1.83. The highest BCUT2D eigenvalue weighted by molar-refractivity contribution is 5.59. The van der Waals surface area contributed by atoms with Gasteiger partial charge in [-0.25, -0.2) is 0 Å². The zero-order valence-electron chi connectivity index (χ0n) is 5.59. The van der Waals surface area contributed by atoms with Gasteiger partial charge in [0.05, 0.1) is 6.67 Å². The summed E-state index contributed by atoms with van der Waals surface area (Å²) in [6.45, 7) is 4.68. The quantitative estimate of drug-likeness (QED) is 0.546. The molecule has 0 aromatic heterocycles. The van der Waals surface area contributed by atoms with E-state index < -0.39 is 0 Å². The molecule has 0 aromatic rings. The highest BCUT2D eigenvalue weighted by Gasteiger charge is 1.88. The molecule has 0 heterocycles. The molecule has 48 valence electrons. The van der Waals surface area contributed by atoms with Crippen LogP contribution in [0, 0.1) is 5.92 Å². The first-order valence-corrected chi connectivity index (χ1v) is 3.01. The molecule has 0 saturated heterocycles. The van der Waals surface area contributed by atoms with E-state index in [0.29, 0.717) is 12.6 Å². The molecule has 1 unspecified atom stereocenters. The fourth-order valence-corrected chi connectivity index (χ4v) is 0.346. The summed E-state index contributed by atoms with van der Waals surface area (Å²) < 4.78 is 0. The van der Waals surface area contributed by atoms with Crippen molar-refractivity contribution in [2.45, 2.75) is 20.3 Å². The molecule has 0 aliphatic rings. The minimum absolute atomic E-state index is 0.421. The molecule has 2 N–H and O–H groups in total. The zero-order valence-corrected chi connectivity index (χ0v) is 5.59. The Bertz CT molecular complexity index is 68.9. The van der Waals surface area contributed by atoms with Crippen LogP contribution in [0.25, 0.3) is 0 Å². The van der Waals surface area contributed by atoms with E-state index in [1.807, 2.05) is 6.21 Å². The fourth-order valence-electron chi connectivity index (χ4n) is 0.346. The maximum absolute atomic E-state index is 5.13. The van der Waals surface area contributed by atoms with Gasteiger partial charge in [0.25, 0.3) is 0 Å². The van der Waals surface area contributed by atoms with Crippen molar-refractivity contribution in [1.29, 1.82) is 0 Å². The first kappa shape index (κ1) is 7.63. The highest BCUT2D eigenvalue weighted by Crippen LogP contribution is 1.93. The summed E-state index contributed by atoms with van der Waals surface area (Å²) >= 11 is 0. The molecule has 0 amide bonds. The molecule has 0 fully saturated rings. The van der Waals surface area contributed by atoms with Crippen LogP contribution in [0.3, 0.4) is 0 Å². The van der Waals surface area contributed by atoms with E-state index in [9.17, 15) is 0 Å². The maximum atomic E-state index is 5.13. The molecule has 1 atom stereocenters. The molecule has 0 aliphatic carbocycles. The lowest BCUT2D eigenvalue weighted by Gasteiger charge is -1.95. The van der Waals surface area contributed by atoms with Gasteiger partial charge in [0.15, 0.2) is 0 Å². The molecular formula is C6H14N2. The molecule has 0 aliphatic heterocycles. The van der Waals surface area contributed by atoms with Crippen LogP contribution in [0.1, 0.15) is 20.3 Å². The van der Waals surface area contributed by atoms with Gasteiger partial charge in [-0.15, -0.1) is 0 Å². The summed E-state index contributed by atoms with van der Waals surface area (Å²) in [6, 6.07) is 0. The monoisotopic (exact) mass is 114 g/mol. The largest absolute Gasteiger partial charge is 0.312 e. The fraction of sp³-hybridized carbons (Fsp3) is 0.833. The van der Waals surface area contributed by atoms with Gasteiger partial charge in [0.2, 0.25) is 0 Å². The maximum Gasteiger partial charge on any atom is 0.0855 e. The van der Waals surface area contributed by atoms with Crippen LogP contribution in [-0.4, -0.2) is 12.9 Å². The third-order valence-electron chi connectivity index (χ3n) is 1.11. The normalized spacial score (nSPS) is 14.9. The number of nitrogens with two attached hydrogens (primary N) is 1. The molecular weight excluding hydrogens is 100 g/mol. The third kappa shape index (κ3) is 3.81. The second-order valence-electron chi connectivity index (χ2n) is 1.90. The van der Waals surface area contributed by atoms with E-state index in [-0.39, 0.29) is 0 Å². The van der Waals surface area contributed by atoms with E-state index in [2.05, 4.69) is 18.8 Å². The molecule has 0 saturated carbocycles. The zero-order chi connectivity index (χ0) is 6.41. The number of hydrogen-bond donors (Lipinski definition) is 1. The van der Waals surface area contributed by atoms with Crippen LogP contribution < -0.4 is 5.73 Å². The molecule has 0 rings (SSSR count). The van der Waals surface area contributed by atoms with Gasteiger partial charge < -0.3 is 5.73 Å². The predicted octanol–water partition coefficient (Wildman–Crippen LogP) is 1.02. The van der Waals surface area contributed by atoms with E-state index in [1.54, 1.807) is 0 Å². The van der Waals surface area contributed by atoms with Crippen LogP contribution in [0.5, 0.6) is 0 Å². The van der Waals surface area contributed by atoms with Crippen molar-refractivity contribution in [2.24, 2.45) is 16.6 Å². The number of hydrogen-bond acceptors (Lipinski definition) is 2. The lowest BCUT2D eigenvalue weighted by Crippen LogP contribution is -1.98. The van der Waals surface area contributed by atoms with Crippen molar-refractivity contribution in [3.05, 3.63) is 0 Å². The number of rotatable bonds is 3. The second kappa shape index (κ2) is 4.78. The van der Waals surface area contributed by atoms with Crippen LogP contribution in [0.2, 0.25) is 0 Å². The summed E-state index contributed by atoms with van der Waals surface area (Å²) in [5.41, 5.74) is 5.13. The predicted molar refractivity (Wildman–Crippen MR) is 37.0 cm³/mol. The lowest BCUT2D eigenvalue weighted by molar-refractivity contribution is 0.750. The number of nitrogens with zero attached hydrogens (tertiary/aromatic N) is 1. The van der Waals surface area contributed by atoms with Gasteiger partial charge in [-0.3, -0.25) is 4.99 Å². The molecule has 0 bridgehead atoms. The van der Waals surface area contributed by atoms with Gasteiger partial charge in [0.1, 0.15) is 0 Å². The minimum atomic E-state index is 0.421. The summed E-state index contributed by atoms with van der Waals surface area (Å²) in [7, 11) is 0. The van der Waals surface area contributed by atoms with Crippen molar-refractivity contribution in [2.75, 3.05) is 6.67 Å². The van der Waals surface area contributed by atoms with E-state index in [1.165, 1.54) is 0 Å². The smallest absolute Gasteiger partial charge is 0.0855 e. The molecule has 0 radical (unpaired) electrons. The molecule has 0 spiro atoms. The Hall–Kier alpha value is -0.370. The number of aliphatic imine (C=N–C) groups is 1. The van der Waals surface area contributed by atoms with Gasteiger partial charge in [0, 0.05) is 6.21 Å². The van der Waals surface area contributed by atoms with Crippen molar-refractivity contribution in [3.63, 3.8) is 0 Å². The van der Waals surface area contributed by atoms with Crippen molar-refractivity contribution in [1.82, 2.24) is 0 Å². The van der Waals surface area contributed by atoms with Crippen molar-refractivity contribution < 1.29 is 0 Å². The third-order valence-corrected chi connectivity index (χ3v) is 1.11. The minimum Gasteiger partial charge on any atom is -0.312 e. The summed E-state index contributed by atoms with van der Waals surface area (Å²) in [6.07, 6.45) is 3.05. The van der Waals surface area contributed by atoms with E-state index in [4.69, 9.17) is 5.73 Å². The van der Waals surface area contributed by atoms with Gasteiger partial charge >= 0.3 is 0 Å². The highest BCUT2D eigenvalue weighted by atomic mass is 14.8. The Balaban J connectivity index is 3.21. The molecule has 2 heteroatoms. The van der Waals surface area contributed by atoms with E-state index in [0.717, 1.165) is 6.42 Å². The van der Waals surface area contributed by atoms with Gasteiger partial charge in [-0.1, -0.05) is 13.8 Å². The molecule has 8 heavy (non-hydrogen) atoms. The van der Waals surface area contributed by atoms with Crippen molar-refractivity contribution >= 4 is 6.21 Å². The average molecular weight is 114 g/mol. The summed E-state index contributed by atoms with van der Waals surface area (Å²) in [5.74, 6) is 0.582. The lowest BCUT2D eigenvalue weighted by atomic mass is 10.1. The van der Waals surface area contributed by atoms with Gasteiger partial charge in [-0.2, -0.15) is 0 Å². The summed E-state index contributed by atoms with van der Waals surface area (Å²) in [5, 5.41) is 0. The molecule has 0 aromatic carbocycles. The second-order valence-corrected chi connectivity index (χ2v) is 1.90. The van der Waals surface area contributed by atoms with Crippen LogP contribution in [0.4, 0.5) is 0 Å². The topological polar surface area (TPSA) is 38.4 Å². The van der Waals surface area contributed by atoms with Crippen LogP contribution in [0.15, 0.2) is 4.99 Å². The first-order valence-electron chi connectivity index (χ1n) is 3.01.